The Labute approximate surface area is 188 Å². The predicted molar refractivity (Wildman–Crippen MR) is 118 cm³/mol. The molecule has 164 valence electrons. The van der Waals surface area contributed by atoms with Crippen LogP contribution < -0.4 is 14.8 Å². The van der Waals surface area contributed by atoms with Gasteiger partial charge in [0, 0.05) is 23.9 Å². The molecule has 0 saturated carbocycles. The molecule has 9 heteroatoms. The summed E-state index contributed by atoms with van der Waals surface area (Å²) in [5.74, 6) is 0.135. The van der Waals surface area contributed by atoms with Gasteiger partial charge in [-0.1, -0.05) is 30.3 Å². The van der Waals surface area contributed by atoms with Gasteiger partial charge in [-0.2, -0.15) is 0 Å². The van der Waals surface area contributed by atoms with E-state index < -0.39 is 16.7 Å². The van der Waals surface area contributed by atoms with Crippen LogP contribution in [0.15, 0.2) is 78.5 Å². The second-order valence-electron chi connectivity index (χ2n) is 7.43. The van der Waals surface area contributed by atoms with E-state index in [-0.39, 0.29) is 30.3 Å². The first-order chi connectivity index (χ1) is 16.0. The highest BCUT2D eigenvalue weighted by atomic mass is 16.7. The van der Waals surface area contributed by atoms with E-state index in [1.165, 1.54) is 24.3 Å². The summed E-state index contributed by atoms with van der Waals surface area (Å²) >= 11 is 0. The van der Waals surface area contributed by atoms with E-state index in [2.05, 4.69) is 5.32 Å². The number of carbonyl (C=O) groups excluding carboxylic acids is 2. The standard InChI is InChI=1S/C24H17N3O6/c28-23-21(16-6-9-18(10-7-16)27(30)31)22(24(29)26(23)13-15-4-2-1-3-5-15)25-17-8-11-19-20(12-17)33-14-32-19/h1-12,25H,13-14H2. The van der Waals surface area contributed by atoms with Gasteiger partial charge in [0.25, 0.3) is 17.5 Å². The Morgan fingerprint density at radius 3 is 2.36 bits per heavy atom. The fraction of sp³-hybridized carbons (Fsp3) is 0.0833. The summed E-state index contributed by atoms with van der Waals surface area (Å²) in [5.41, 5.74) is 1.86. The molecule has 0 radical (unpaired) electrons. The number of ether oxygens (including phenoxy) is 2. The van der Waals surface area contributed by atoms with Gasteiger partial charge >= 0.3 is 0 Å². The molecule has 0 unspecified atom stereocenters. The van der Waals surface area contributed by atoms with Crippen molar-refractivity contribution < 1.29 is 24.0 Å². The van der Waals surface area contributed by atoms with E-state index in [0.29, 0.717) is 22.7 Å². The van der Waals surface area contributed by atoms with Crippen molar-refractivity contribution in [1.82, 2.24) is 4.90 Å². The van der Waals surface area contributed by atoms with E-state index in [1.807, 2.05) is 30.3 Å². The molecule has 0 aliphatic carbocycles. The van der Waals surface area contributed by atoms with E-state index >= 15 is 0 Å². The number of nitro benzene ring substituents is 1. The van der Waals surface area contributed by atoms with E-state index in [1.54, 1.807) is 18.2 Å². The van der Waals surface area contributed by atoms with Gasteiger partial charge in [-0.25, -0.2) is 0 Å². The molecule has 3 aromatic carbocycles. The van der Waals surface area contributed by atoms with E-state index in [0.717, 1.165) is 10.5 Å². The van der Waals surface area contributed by atoms with Gasteiger partial charge in [0.2, 0.25) is 6.79 Å². The van der Waals surface area contributed by atoms with Crippen molar-refractivity contribution in [3.63, 3.8) is 0 Å². The molecule has 3 aromatic rings. The van der Waals surface area contributed by atoms with Gasteiger partial charge in [0.1, 0.15) is 5.70 Å². The van der Waals surface area contributed by atoms with Crippen LogP contribution in [0.25, 0.3) is 5.57 Å². The average Bonchev–Trinajstić information content (AvgIpc) is 3.38. The lowest BCUT2D eigenvalue weighted by Crippen LogP contribution is -2.31. The van der Waals surface area contributed by atoms with Gasteiger partial charge in [-0.15, -0.1) is 0 Å². The Morgan fingerprint density at radius 2 is 1.64 bits per heavy atom. The maximum atomic E-state index is 13.4. The second-order valence-corrected chi connectivity index (χ2v) is 7.43. The van der Waals surface area contributed by atoms with Gasteiger partial charge < -0.3 is 14.8 Å². The van der Waals surface area contributed by atoms with Crippen LogP contribution in [0.1, 0.15) is 11.1 Å². The molecule has 33 heavy (non-hydrogen) atoms. The van der Waals surface area contributed by atoms with Crippen LogP contribution in [0, 0.1) is 10.1 Å². The van der Waals surface area contributed by atoms with Crippen LogP contribution in [-0.4, -0.2) is 28.4 Å². The van der Waals surface area contributed by atoms with Crippen molar-refractivity contribution in [3.8, 4) is 11.5 Å². The molecule has 5 rings (SSSR count). The normalized spacial score (nSPS) is 14.7. The number of nitro groups is 1. The monoisotopic (exact) mass is 443 g/mol. The van der Waals surface area contributed by atoms with Crippen molar-refractivity contribution >= 4 is 28.8 Å². The molecule has 2 aliphatic heterocycles. The first kappa shape index (κ1) is 20.3. The van der Waals surface area contributed by atoms with Crippen LogP contribution in [-0.2, 0) is 16.1 Å². The zero-order chi connectivity index (χ0) is 22.9. The average molecular weight is 443 g/mol. The minimum absolute atomic E-state index is 0.0867. The largest absolute Gasteiger partial charge is 0.454 e. The minimum Gasteiger partial charge on any atom is -0.454 e. The quantitative estimate of drug-likeness (QED) is 0.351. The number of anilines is 1. The second kappa shape index (κ2) is 8.12. The van der Waals surface area contributed by atoms with Gasteiger partial charge in [-0.3, -0.25) is 24.6 Å². The summed E-state index contributed by atoms with van der Waals surface area (Å²) in [5, 5.41) is 14.1. The fourth-order valence-electron chi connectivity index (χ4n) is 3.74. The van der Waals surface area contributed by atoms with Gasteiger partial charge in [0.05, 0.1) is 17.0 Å². The first-order valence-corrected chi connectivity index (χ1v) is 10.1. The lowest BCUT2D eigenvalue weighted by Gasteiger charge is -2.15. The van der Waals surface area contributed by atoms with Crippen molar-refractivity contribution in [1.29, 1.82) is 0 Å². The number of hydrogen-bond donors (Lipinski definition) is 1. The molecule has 2 aliphatic rings. The van der Waals surface area contributed by atoms with Crippen LogP contribution in [0.2, 0.25) is 0 Å². The number of nitrogens with one attached hydrogen (secondary N) is 1. The van der Waals surface area contributed by atoms with Crippen LogP contribution in [0.4, 0.5) is 11.4 Å². The van der Waals surface area contributed by atoms with E-state index in [4.69, 9.17) is 9.47 Å². The van der Waals surface area contributed by atoms with Gasteiger partial charge in [0.15, 0.2) is 11.5 Å². The smallest absolute Gasteiger partial charge is 0.278 e. The highest BCUT2D eigenvalue weighted by Crippen LogP contribution is 2.37. The molecule has 1 N–H and O–H groups in total. The molecule has 2 heterocycles. The highest BCUT2D eigenvalue weighted by molar-refractivity contribution is 6.36. The topological polar surface area (TPSA) is 111 Å². The van der Waals surface area contributed by atoms with Crippen molar-refractivity contribution in [2.24, 2.45) is 0 Å². The maximum absolute atomic E-state index is 13.4. The number of imide groups is 1. The number of hydrogen-bond acceptors (Lipinski definition) is 7. The zero-order valence-electron chi connectivity index (χ0n) is 17.2. The number of fused-ring (bicyclic) bond motifs is 1. The van der Waals surface area contributed by atoms with Crippen LogP contribution >= 0.6 is 0 Å². The molecule has 0 atom stereocenters. The van der Waals surface area contributed by atoms with E-state index in [9.17, 15) is 19.7 Å². The van der Waals surface area contributed by atoms with Crippen molar-refractivity contribution in [2.75, 3.05) is 12.1 Å². The number of non-ortho nitro benzene ring substituents is 1. The third-order valence-corrected chi connectivity index (χ3v) is 5.36. The molecular weight excluding hydrogens is 426 g/mol. The minimum atomic E-state index is -0.521. The first-order valence-electron chi connectivity index (χ1n) is 10.1. The molecule has 0 spiro atoms. The Hall–Kier alpha value is -4.66. The Morgan fingerprint density at radius 1 is 0.909 bits per heavy atom. The highest BCUT2D eigenvalue weighted by Gasteiger charge is 2.39. The number of benzene rings is 3. The number of nitrogens with zero attached hydrogens (tertiary/aromatic N) is 2. The number of amides is 2. The van der Waals surface area contributed by atoms with Gasteiger partial charge in [-0.05, 0) is 35.4 Å². The SMILES string of the molecule is O=C1C(Nc2ccc3c(c2)OCO3)=C(c2ccc([N+](=O)[O-])cc2)C(=O)N1Cc1ccccc1. The fourth-order valence-corrected chi connectivity index (χ4v) is 3.74. The number of carbonyl (C=O) groups is 2. The Kier molecular flexibility index (Phi) is 4.98. The molecular formula is C24H17N3O6. The third kappa shape index (κ3) is 3.76. The van der Waals surface area contributed by atoms with Crippen molar-refractivity contribution in [2.45, 2.75) is 6.54 Å². The van der Waals surface area contributed by atoms with Crippen LogP contribution in [0.3, 0.4) is 0 Å². The zero-order valence-corrected chi connectivity index (χ0v) is 17.2. The molecule has 0 bridgehead atoms. The third-order valence-electron chi connectivity index (χ3n) is 5.36. The molecule has 9 nitrogen and oxygen atoms in total. The maximum Gasteiger partial charge on any atom is 0.278 e. The Balaban J connectivity index is 1.54. The lowest BCUT2D eigenvalue weighted by molar-refractivity contribution is -0.384. The molecule has 0 fully saturated rings. The van der Waals surface area contributed by atoms with Crippen LogP contribution in [0.5, 0.6) is 11.5 Å². The summed E-state index contributed by atoms with van der Waals surface area (Å²) in [6, 6.07) is 19.8. The summed E-state index contributed by atoms with van der Waals surface area (Å²) in [6.07, 6.45) is 0. The molecule has 2 amide bonds. The molecule has 0 aromatic heterocycles. The number of rotatable bonds is 6. The predicted octanol–water partition coefficient (Wildman–Crippen LogP) is 3.72. The molecule has 0 saturated heterocycles. The summed E-state index contributed by atoms with van der Waals surface area (Å²) in [6.45, 7) is 0.207. The summed E-state index contributed by atoms with van der Waals surface area (Å²) < 4.78 is 10.7. The Bertz CT molecular complexity index is 1300. The lowest BCUT2D eigenvalue weighted by atomic mass is 10.0. The summed E-state index contributed by atoms with van der Waals surface area (Å²) in [4.78, 5) is 38.4. The summed E-state index contributed by atoms with van der Waals surface area (Å²) in [7, 11) is 0. The van der Waals surface area contributed by atoms with Crippen molar-refractivity contribution in [3.05, 3.63) is 99.7 Å².